The van der Waals surface area contributed by atoms with Gasteiger partial charge in [0.2, 0.25) is 0 Å². The number of carbonyl (C=O) groups is 1. The second kappa shape index (κ2) is 9.50. The molecule has 0 unspecified atom stereocenters. The maximum atomic E-state index is 14.1. The number of amides is 1. The molecule has 1 aromatic heterocycles. The Balaban J connectivity index is 1.61. The molecule has 2 aromatic rings. The van der Waals surface area contributed by atoms with Gasteiger partial charge in [0.25, 0.3) is 0 Å². The van der Waals surface area contributed by atoms with Crippen molar-refractivity contribution in [1.29, 1.82) is 0 Å². The lowest BCUT2D eigenvalue weighted by Crippen LogP contribution is -2.59. The molecule has 0 spiro atoms. The van der Waals surface area contributed by atoms with E-state index in [0.29, 0.717) is 23.7 Å². The summed E-state index contributed by atoms with van der Waals surface area (Å²) in [6, 6.07) is 0.379. The lowest BCUT2D eigenvalue weighted by atomic mass is 10.0. The monoisotopic (exact) mass is 572 g/mol. The summed E-state index contributed by atoms with van der Waals surface area (Å²) < 4.78 is 49.5. The number of thioether (sulfide) groups is 1. The van der Waals surface area contributed by atoms with Crippen LogP contribution in [0.25, 0.3) is 10.9 Å². The summed E-state index contributed by atoms with van der Waals surface area (Å²) in [5.41, 5.74) is -1.67. The first-order chi connectivity index (χ1) is 17.7. The van der Waals surface area contributed by atoms with Crippen molar-refractivity contribution in [2.24, 2.45) is 11.8 Å². The van der Waals surface area contributed by atoms with Crippen molar-refractivity contribution in [3.63, 3.8) is 0 Å². The molecule has 0 bridgehead atoms. The highest BCUT2D eigenvalue weighted by atomic mass is 35.5. The van der Waals surface area contributed by atoms with E-state index in [0.717, 1.165) is 18.9 Å². The Labute approximate surface area is 228 Å². The van der Waals surface area contributed by atoms with Crippen molar-refractivity contribution in [2.75, 3.05) is 23.7 Å². The number of halogens is 4. The Morgan fingerprint density at radius 2 is 1.74 bits per heavy atom. The van der Waals surface area contributed by atoms with Crippen molar-refractivity contribution in [2.45, 2.75) is 82.8 Å². The predicted molar refractivity (Wildman–Crippen MR) is 142 cm³/mol. The smallest absolute Gasteiger partial charge is 0.417 e. The molecular weight excluding hydrogens is 541 g/mol. The molecule has 3 heterocycles. The zero-order valence-electron chi connectivity index (χ0n) is 22.1. The largest absolute Gasteiger partial charge is 0.444 e. The second-order valence-corrected chi connectivity index (χ2v) is 13.1. The van der Waals surface area contributed by atoms with E-state index < -0.39 is 29.1 Å². The van der Waals surface area contributed by atoms with Gasteiger partial charge in [0, 0.05) is 30.8 Å². The van der Waals surface area contributed by atoms with Gasteiger partial charge in [-0.15, -0.1) is 11.8 Å². The molecule has 1 aromatic carbocycles. The topological polar surface area (TPSA) is 67.7 Å². The molecule has 1 amide bonds. The highest BCUT2D eigenvalue weighted by molar-refractivity contribution is 7.99. The summed E-state index contributed by atoms with van der Waals surface area (Å²) in [5, 5.41) is -0.112. The third-order valence-electron chi connectivity index (χ3n) is 7.41. The van der Waals surface area contributed by atoms with Crippen LogP contribution in [0.15, 0.2) is 15.8 Å². The average molecular weight is 573 g/mol. The number of aromatic nitrogens is 2. The van der Waals surface area contributed by atoms with E-state index in [1.54, 1.807) is 25.7 Å². The van der Waals surface area contributed by atoms with E-state index in [2.05, 4.69) is 4.98 Å². The van der Waals surface area contributed by atoms with E-state index in [4.69, 9.17) is 16.3 Å². The van der Waals surface area contributed by atoms with Gasteiger partial charge < -0.3 is 9.64 Å². The first-order valence-electron chi connectivity index (χ1n) is 12.9. The van der Waals surface area contributed by atoms with Gasteiger partial charge in [-0.2, -0.15) is 18.2 Å². The number of anilines is 1. The Morgan fingerprint density at radius 3 is 2.29 bits per heavy atom. The standard InChI is InChI=1S/C26H32ClF3N4O3S/c1-13-9-32(10-14(2)34(13)24(36)37-25(3,4)5)22-17-8-18(26(28,29)30)19(27)21-20(17)33(23(35)31-22)11-16(12-38-21)15-6-7-15/h8,13-16H,6-7,9-12H2,1-5H3/t13-,14+,16-/m1/s1. The molecule has 1 saturated heterocycles. The zero-order valence-corrected chi connectivity index (χ0v) is 23.6. The zero-order chi connectivity index (χ0) is 27.7. The van der Waals surface area contributed by atoms with Crippen LogP contribution in [0.1, 0.15) is 53.0 Å². The molecule has 3 atom stereocenters. The fourth-order valence-corrected chi connectivity index (χ4v) is 7.39. The number of hydrogen-bond acceptors (Lipinski definition) is 6. The van der Waals surface area contributed by atoms with Gasteiger partial charge in [-0.25, -0.2) is 9.59 Å². The second-order valence-electron chi connectivity index (χ2n) is 11.7. The van der Waals surface area contributed by atoms with Gasteiger partial charge in [-0.05, 0) is 65.4 Å². The molecular formula is C26H32ClF3N4O3S. The molecule has 1 aliphatic carbocycles. The lowest BCUT2D eigenvalue weighted by Gasteiger charge is -2.45. The highest BCUT2D eigenvalue weighted by Crippen LogP contribution is 2.49. The van der Waals surface area contributed by atoms with Crippen LogP contribution in [0.4, 0.5) is 23.8 Å². The highest BCUT2D eigenvalue weighted by Gasteiger charge is 2.41. The van der Waals surface area contributed by atoms with Crippen molar-refractivity contribution >= 4 is 46.2 Å². The predicted octanol–water partition coefficient (Wildman–Crippen LogP) is 6.03. The van der Waals surface area contributed by atoms with Gasteiger partial charge in [-0.1, -0.05) is 11.6 Å². The number of ether oxygens (including phenoxy) is 1. The van der Waals surface area contributed by atoms with Crippen LogP contribution in [-0.4, -0.2) is 57.1 Å². The molecule has 3 aliphatic rings. The Bertz CT molecular complexity index is 1330. The van der Waals surface area contributed by atoms with Crippen LogP contribution in [0.5, 0.6) is 0 Å². The molecule has 0 radical (unpaired) electrons. The molecule has 5 rings (SSSR count). The number of piperazine rings is 1. The van der Waals surface area contributed by atoms with E-state index in [9.17, 15) is 22.8 Å². The van der Waals surface area contributed by atoms with Crippen molar-refractivity contribution < 1.29 is 22.7 Å². The van der Waals surface area contributed by atoms with Crippen molar-refractivity contribution in [3.8, 4) is 0 Å². The molecule has 2 aliphatic heterocycles. The van der Waals surface area contributed by atoms with Crippen LogP contribution < -0.4 is 10.6 Å². The number of rotatable bonds is 2. The molecule has 0 N–H and O–H groups in total. The summed E-state index contributed by atoms with van der Waals surface area (Å²) in [5.74, 6) is 1.42. The number of carbonyl (C=O) groups excluding carboxylic acids is 1. The molecule has 12 heteroatoms. The normalized spacial score (nSPS) is 24.5. The number of alkyl halides is 3. The van der Waals surface area contributed by atoms with Crippen molar-refractivity contribution in [3.05, 3.63) is 27.1 Å². The minimum atomic E-state index is -4.67. The van der Waals surface area contributed by atoms with Crippen LogP contribution >= 0.6 is 23.4 Å². The quantitative estimate of drug-likeness (QED) is 0.437. The first-order valence-corrected chi connectivity index (χ1v) is 14.3. The van der Waals surface area contributed by atoms with Crippen LogP contribution in [0.2, 0.25) is 5.02 Å². The van der Waals surface area contributed by atoms with Gasteiger partial charge in [0.15, 0.2) is 0 Å². The van der Waals surface area contributed by atoms with E-state index in [1.807, 2.05) is 18.7 Å². The van der Waals surface area contributed by atoms with E-state index >= 15 is 0 Å². The SMILES string of the molecule is C[C@@H]1CN(c2nc(=O)n3c4c(c(Cl)c(C(F)(F)F)cc24)SC[C@H](C2CC2)C3)C[C@H](C)N1C(=O)OC(C)(C)C. The number of benzene rings is 1. The molecule has 1 saturated carbocycles. The third-order valence-corrected chi connectivity index (χ3v) is 9.20. The van der Waals surface area contributed by atoms with Crippen molar-refractivity contribution in [1.82, 2.24) is 14.5 Å². The molecule has 2 fully saturated rings. The van der Waals surface area contributed by atoms with Gasteiger partial charge in [0.05, 0.1) is 33.1 Å². The Kier molecular flexibility index (Phi) is 6.86. The van der Waals surface area contributed by atoms with Crippen LogP contribution in [0.3, 0.4) is 0 Å². The number of nitrogens with zero attached hydrogens (tertiary/aromatic N) is 4. The van der Waals surface area contributed by atoms with Gasteiger partial charge >= 0.3 is 18.0 Å². The minimum Gasteiger partial charge on any atom is -0.444 e. The summed E-state index contributed by atoms with van der Waals surface area (Å²) in [6.45, 7) is 10.1. The average Bonchev–Trinajstić information content (AvgIpc) is 3.61. The summed E-state index contributed by atoms with van der Waals surface area (Å²) >= 11 is 7.69. The summed E-state index contributed by atoms with van der Waals surface area (Å²) in [6.07, 6.45) is -3.00. The summed E-state index contributed by atoms with van der Waals surface area (Å²) in [7, 11) is 0. The number of hydrogen-bond donors (Lipinski definition) is 0. The van der Waals surface area contributed by atoms with Gasteiger partial charge in [0.1, 0.15) is 11.4 Å². The molecule has 208 valence electrons. The summed E-state index contributed by atoms with van der Waals surface area (Å²) in [4.78, 5) is 34.4. The lowest BCUT2D eigenvalue weighted by molar-refractivity contribution is -0.137. The Morgan fingerprint density at radius 1 is 1.11 bits per heavy atom. The fraction of sp³-hybridized carbons (Fsp3) is 0.654. The first kappa shape index (κ1) is 27.4. The minimum absolute atomic E-state index is 0.170. The van der Waals surface area contributed by atoms with E-state index in [1.165, 1.54) is 16.3 Å². The van der Waals surface area contributed by atoms with Crippen LogP contribution in [0, 0.1) is 11.8 Å². The van der Waals surface area contributed by atoms with Crippen LogP contribution in [-0.2, 0) is 17.5 Å². The molecule has 38 heavy (non-hydrogen) atoms. The fourth-order valence-electron chi connectivity index (χ4n) is 5.62. The van der Waals surface area contributed by atoms with E-state index in [-0.39, 0.29) is 52.2 Å². The molecule has 7 nitrogen and oxygen atoms in total. The maximum absolute atomic E-state index is 14.1. The van der Waals surface area contributed by atoms with Gasteiger partial charge in [-0.3, -0.25) is 9.47 Å². The third kappa shape index (κ3) is 5.08. The Hall–Kier alpha value is -2.14. The maximum Gasteiger partial charge on any atom is 0.417 e.